The van der Waals surface area contributed by atoms with Crippen LogP contribution in [0.15, 0.2) is 41.2 Å². The third kappa shape index (κ3) is 3.00. The fourth-order valence-corrected chi connectivity index (χ4v) is 4.57. The lowest BCUT2D eigenvalue weighted by Crippen LogP contribution is -2.48. The van der Waals surface area contributed by atoms with Crippen LogP contribution in [0.3, 0.4) is 0 Å². The van der Waals surface area contributed by atoms with Crippen LogP contribution in [0.2, 0.25) is 5.02 Å². The van der Waals surface area contributed by atoms with E-state index in [4.69, 9.17) is 11.6 Å². The van der Waals surface area contributed by atoms with Crippen molar-refractivity contribution >= 4 is 46.2 Å². The number of carbonyl (C=O) groups is 3. The average Bonchev–Trinajstić information content (AvgIpc) is 3.31. The minimum Gasteiger partial charge on any atom is -0.325 e. The van der Waals surface area contributed by atoms with Crippen LogP contribution >= 0.6 is 11.6 Å². The molecule has 1 aliphatic carbocycles. The first kappa shape index (κ1) is 19.4. The Bertz CT molecular complexity index is 1340. The number of halogens is 1. The smallest absolute Gasteiger partial charge is 0.325 e. The molecule has 0 radical (unpaired) electrons. The number of benzene rings is 2. The zero-order valence-electron chi connectivity index (χ0n) is 16.5. The number of anilines is 1. The SMILES string of the molecule is CN1C(=O)NC(=O)[C@]12Cc1ccc(NC(=O)Cn3c(=O)[nH]c4ccc(Cl)cc43)cc1C2. The van der Waals surface area contributed by atoms with Crippen molar-refractivity contribution in [2.24, 2.45) is 0 Å². The number of aromatic amines is 1. The second kappa shape index (κ2) is 6.71. The van der Waals surface area contributed by atoms with Gasteiger partial charge in [0.2, 0.25) is 5.91 Å². The number of aromatic nitrogens is 2. The summed E-state index contributed by atoms with van der Waals surface area (Å²) in [6.07, 6.45) is 0.802. The molecule has 2 aromatic carbocycles. The van der Waals surface area contributed by atoms with Gasteiger partial charge in [0.15, 0.2) is 0 Å². The Kier molecular flexibility index (Phi) is 4.19. The van der Waals surface area contributed by atoms with Crippen molar-refractivity contribution < 1.29 is 14.4 Å². The van der Waals surface area contributed by atoms with Crippen LogP contribution in [0, 0.1) is 0 Å². The maximum absolute atomic E-state index is 12.6. The van der Waals surface area contributed by atoms with Gasteiger partial charge >= 0.3 is 11.7 Å². The molecule has 3 aromatic rings. The van der Waals surface area contributed by atoms with Gasteiger partial charge in [-0.25, -0.2) is 9.59 Å². The Balaban J connectivity index is 1.36. The normalized spacial score (nSPS) is 19.9. The summed E-state index contributed by atoms with van der Waals surface area (Å²) in [6.45, 7) is -0.181. The van der Waals surface area contributed by atoms with Crippen molar-refractivity contribution in [2.75, 3.05) is 12.4 Å². The van der Waals surface area contributed by atoms with Gasteiger partial charge in [-0.05, 0) is 41.5 Å². The number of imide groups is 1. The van der Waals surface area contributed by atoms with E-state index in [1.807, 2.05) is 6.07 Å². The Morgan fingerprint density at radius 2 is 1.90 bits per heavy atom. The number of likely N-dealkylation sites (N-methyl/N-ethyl adjacent to an activating group) is 1. The molecule has 0 bridgehead atoms. The van der Waals surface area contributed by atoms with E-state index in [0.717, 1.165) is 11.1 Å². The van der Waals surface area contributed by atoms with Gasteiger partial charge in [0.25, 0.3) is 5.91 Å². The van der Waals surface area contributed by atoms with Crippen LogP contribution in [-0.4, -0.2) is 44.9 Å². The number of H-pyrrole nitrogens is 1. The Morgan fingerprint density at radius 3 is 2.65 bits per heavy atom. The van der Waals surface area contributed by atoms with Gasteiger partial charge in [0.1, 0.15) is 12.1 Å². The number of fused-ring (bicyclic) bond motifs is 2. The van der Waals surface area contributed by atoms with Gasteiger partial charge in [-0.1, -0.05) is 17.7 Å². The number of rotatable bonds is 3. The van der Waals surface area contributed by atoms with E-state index in [2.05, 4.69) is 15.6 Å². The number of hydrogen-bond donors (Lipinski definition) is 3. The van der Waals surface area contributed by atoms with Crippen molar-refractivity contribution in [1.29, 1.82) is 0 Å². The molecular weight excluding hydrogens is 422 g/mol. The maximum atomic E-state index is 12.6. The molecule has 2 aliphatic rings. The van der Waals surface area contributed by atoms with Crippen molar-refractivity contribution in [3.05, 3.63) is 63.0 Å². The molecule has 1 aromatic heterocycles. The molecule has 9 nitrogen and oxygen atoms in total. The van der Waals surface area contributed by atoms with E-state index < -0.39 is 17.3 Å². The van der Waals surface area contributed by atoms with Gasteiger partial charge in [-0.2, -0.15) is 0 Å². The zero-order chi connectivity index (χ0) is 21.9. The number of urea groups is 1. The Morgan fingerprint density at radius 1 is 1.13 bits per heavy atom. The summed E-state index contributed by atoms with van der Waals surface area (Å²) in [5.74, 6) is -0.680. The average molecular weight is 440 g/mol. The van der Waals surface area contributed by atoms with Crippen molar-refractivity contribution in [3.8, 4) is 0 Å². The quantitative estimate of drug-likeness (QED) is 0.538. The van der Waals surface area contributed by atoms with Crippen molar-refractivity contribution in [2.45, 2.75) is 24.9 Å². The first-order valence-corrected chi connectivity index (χ1v) is 10.0. The van der Waals surface area contributed by atoms with Crippen LogP contribution in [0.4, 0.5) is 10.5 Å². The summed E-state index contributed by atoms with van der Waals surface area (Å²) in [5.41, 5.74) is 2.23. The van der Waals surface area contributed by atoms with E-state index in [0.29, 0.717) is 34.6 Å². The molecule has 0 saturated carbocycles. The lowest BCUT2D eigenvalue weighted by atomic mass is 9.95. The molecule has 2 heterocycles. The molecule has 3 N–H and O–H groups in total. The van der Waals surface area contributed by atoms with E-state index in [1.165, 1.54) is 9.47 Å². The fraction of sp³-hybridized carbons (Fsp3) is 0.238. The summed E-state index contributed by atoms with van der Waals surface area (Å²) in [7, 11) is 1.61. The van der Waals surface area contributed by atoms with Crippen LogP contribution in [-0.2, 0) is 29.0 Å². The number of carbonyl (C=O) groups excluding carboxylic acids is 3. The summed E-state index contributed by atoms with van der Waals surface area (Å²) in [6, 6.07) is 9.97. The third-order valence-electron chi connectivity index (χ3n) is 6.08. The Labute approximate surface area is 181 Å². The highest BCUT2D eigenvalue weighted by molar-refractivity contribution is 6.31. The van der Waals surface area contributed by atoms with Gasteiger partial charge in [0, 0.05) is 30.6 Å². The minimum atomic E-state index is -0.918. The maximum Gasteiger partial charge on any atom is 0.326 e. The zero-order valence-corrected chi connectivity index (χ0v) is 17.2. The molecule has 1 atom stereocenters. The lowest BCUT2D eigenvalue weighted by molar-refractivity contribution is -0.125. The first-order valence-electron chi connectivity index (χ1n) is 9.66. The van der Waals surface area contributed by atoms with Crippen LogP contribution in [0.5, 0.6) is 0 Å². The molecule has 0 unspecified atom stereocenters. The molecule has 5 rings (SSSR count). The summed E-state index contributed by atoms with van der Waals surface area (Å²) in [5, 5.41) is 5.63. The number of nitrogens with zero attached hydrogens (tertiary/aromatic N) is 2. The molecule has 4 amide bonds. The number of amides is 4. The van der Waals surface area contributed by atoms with E-state index in [9.17, 15) is 19.2 Å². The first-order chi connectivity index (χ1) is 14.8. The molecule has 158 valence electrons. The van der Waals surface area contributed by atoms with Gasteiger partial charge in [-0.15, -0.1) is 0 Å². The number of imidazole rings is 1. The molecular formula is C21H18ClN5O4. The molecule has 31 heavy (non-hydrogen) atoms. The summed E-state index contributed by atoms with van der Waals surface area (Å²) >= 11 is 6.02. The Hall–Kier alpha value is -3.59. The number of hydrogen-bond acceptors (Lipinski definition) is 4. The fourth-order valence-electron chi connectivity index (χ4n) is 4.40. The van der Waals surface area contributed by atoms with Crippen LogP contribution < -0.4 is 16.3 Å². The predicted molar refractivity (Wildman–Crippen MR) is 114 cm³/mol. The highest BCUT2D eigenvalue weighted by Gasteiger charge is 2.54. The molecule has 1 fully saturated rings. The monoisotopic (exact) mass is 439 g/mol. The van der Waals surface area contributed by atoms with E-state index in [-0.39, 0.29) is 18.4 Å². The van der Waals surface area contributed by atoms with Crippen LogP contribution in [0.25, 0.3) is 11.0 Å². The van der Waals surface area contributed by atoms with Gasteiger partial charge < -0.3 is 15.2 Å². The molecule has 1 aliphatic heterocycles. The standard InChI is InChI=1S/C21H18ClN5O4/c1-26-19(30)25-18(29)21(26)8-11-2-4-14(6-12(11)9-21)23-17(28)10-27-16-7-13(22)3-5-15(16)24-20(27)31/h2-7H,8-10H2,1H3,(H,23,28)(H,24,31)(H,25,29,30)/t21-/m1/s1. The molecule has 1 spiro atoms. The van der Waals surface area contributed by atoms with Crippen molar-refractivity contribution in [3.63, 3.8) is 0 Å². The topological polar surface area (TPSA) is 116 Å². The van der Waals surface area contributed by atoms with E-state index in [1.54, 1.807) is 37.4 Å². The third-order valence-corrected chi connectivity index (χ3v) is 6.32. The van der Waals surface area contributed by atoms with E-state index >= 15 is 0 Å². The van der Waals surface area contributed by atoms with Gasteiger partial charge in [-0.3, -0.25) is 19.5 Å². The highest BCUT2D eigenvalue weighted by atomic mass is 35.5. The highest BCUT2D eigenvalue weighted by Crippen LogP contribution is 2.38. The lowest BCUT2D eigenvalue weighted by Gasteiger charge is -2.27. The summed E-state index contributed by atoms with van der Waals surface area (Å²) < 4.78 is 1.32. The second-order valence-corrected chi connectivity index (χ2v) is 8.35. The predicted octanol–water partition coefficient (Wildman–Crippen LogP) is 1.64. The van der Waals surface area contributed by atoms with Gasteiger partial charge in [0.05, 0.1) is 11.0 Å². The largest absolute Gasteiger partial charge is 0.326 e. The molecule has 1 saturated heterocycles. The number of nitrogens with one attached hydrogen (secondary N) is 3. The van der Waals surface area contributed by atoms with Crippen molar-refractivity contribution in [1.82, 2.24) is 19.8 Å². The van der Waals surface area contributed by atoms with Crippen LogP contribution in [0.1, 0.15) is 11.1 Å². The molecule has 10 heteroatoms. The minimum absolute atomic E-state index is 0.181. The summed E-state index contributed by atoms with van der Waals surface area (Å²) in [4.78, 5) is 53.3. The second-order valence-electron chi connectivity index (χ2n) is 7.91.